The Bertz CT molecular complexity index is 26.2. The van der Waals surface area contributed by atoms with Crippen LogP contribution < -0.4 is 5.41 Å². The van der Waals surface area contributed by atoms with Crippen LogP contribution in [-0.4, -0.2) is 6.21 Å². The van der Waals surface area contributed by atoms with Crippen LogP contribution in [0.2, 0.25) is 0 Å². The van der Waals surface area contributed by atoms with E-state index in [1.54, 1.807) is 13.0 Å². The van der Waals surface area contributed by atoms with Crippen molar-refractivity contribution in [3.63, 3.8) is 0 Å². The first-order valence-electron chi connectivity index (χ1n) is 1.90. The Kier molecular flexibility index (Phi) is 10300. The van der Waals surface area contributed by atoms with E-state index in [1.165, 1.54) is 6.21 Å². The molecule has 0 aliphatic heterocycles. The summed E-state index contributed by atoms with van der Waals surface area (Å²) in [4.78, 5) is 0. The molecule has 2 N–H and O–H groups in total. The molecule has 0 aromatic carbocycles. The fourth-order valence-electron chi connectivity index (χ4n) is 0. The lowest BCUT2D eigenvalue weighted by Gasteiger charge is -1.31. The molecule has 1 heteroatoms. The van der Waals surface area contributed by atoms with E-state index in [0.717, 1.165) is 0 Å². The molecule has 0 amide bonds. The third kappa shape index (κ3) is 3550. The molecule has 0 heterocycles. The predicted molar refractivity (Wildman–Crippen MR) is 83.4 cm³/mol. The van der Waals surface area contributed by atoms with Gasteiger partial charge in [-0.05, 0) is 6.92 Å². The van der Waals surface area contributed by atoms with Crippen LogP contribution in [-0.2, 0) is 0 Å². The van der Waals surface area contributed by atoms with Gasteiger partial charge in [-0.3, -0.25) is 5.41 Å². The summed E-state index contributed by atoms with van der Waals surface area (Å²) in [5.74, 6) is 0. The Morgan fingerprint density at radius 1 is 0.714 bits per heavy atom. The number of nitrogens with two attached hydrogens (primary N) is 1. The van der Waals surface area contributed by atoms with E-state index < -0.39 is 0 Å². The third-order valence-electron chi connectivity index (χ3n) is 0. The molecule has 0 aliphatic rings. The molecule has 0 saturated heterocycles. The van der Waals surface area contributed by atoms with Crippen molar-refractivity contribution in [1.82, 2.24) is 0 Å². The van der Waals surface area contributed by atoms with E-state index in [0.29, 0.717) is 0 Å². The molecule has 0 aromatic rings. The maximum absolute atomic E-state index is 4.72. The van der Waals surface area contributed by atoms with Crippen molar-refractivity contribution in [2.75, 3.05) is 0 Å². The van der Waals surface area contributed by atoms with Gasteiger partial charge in [0.25, 0.3) is 0 Å². The molecule has 0 fully saturated rings. The minimum atomic E-state index is 0. The van der Waals surface area contributed by atoms with Crippen LogP contribution in [0.3, 0.4) is 0 Å². The highest BCUT2D eigenvalue weighted by Crippen LogP contribution is 1.38. The van der Waals surface area contributed by atoms with Gasteiger partial charge in [-0.2, -0.15) is 0 Å². The molecule has 0 radical (unpaired) electrons. The highest BCUT2D eigenvalue weighted by atomic mass is 14.3. The molecule has 1 nitrogen and oxygen atoms in total. The molecule has 100 valence electrons. The fourth-order valence-corrected chi connectivity index (χ4v) is 0. The van der Waals surface area contributed by atoms with Crippen molar-refractivity contribution in [2.45, 2.75) is 73.3 Å². The lowest BCUT2D eigenvalue weighted by Crippen LogP contribution is -2.27. The molecule has 0 rings (SSSR count). The normalized spacial score (nSPS) is 1.86. The topological polar surface area (TPSA) is 25.6 Å². The van der Waals surface area contributed by atoms with E-state index in [1.807, 2.05) is 6.92 Å². The minimum absolute atomic E-state index is 0. The van der Waals surface area contributed by atoms with Gasteiger partial charge in [-0.1, -0.05) is 65.5 Å². The van der Waals surface area contributed by atoms with Gasteiger partial charge in [-0.15, -0.1) is 6.58 Å². The fraction of sp³-hybridized carbons (Fsp3) is 0.769. The molecule has 0 atom stereocenters. The molecule has 0 unspecified atom stereocenters. The second kappa shape index (κ2) is 813. The summed E-state index contributed by atoms with van der Waals surface area (Å²) in [7, 11) is 0. The molecule has 0 aromatic heterocycles. The van der Waals surface area contributed by atoms with Crippen LogP contribution in [0.4, 0.5) is 0 Å². The van der Waals surface area contributed by atoms with E-state index >= 15 is 0 Å². The van der Waals surface area contributed by atoms with Crippen LogP contribution in [0.1, 0.15) is 73.3 Å². The zero-order chi connectivity index (χ0) is 5.41. The largest absolute Gasteiger partial charge is 0.264 e. The van der Waals surface area contributed by atoms with Crippen molar-refractivity contribution in [3.05, 3.63) is 12.7 Å². The van der Waals surface area contributed by atoms with Crippen LogP contribution in [0, 0.1) is 0 Å². The van der Waals surface area contributed by atoms with E-state index in [4.69, 9.17) is 5.41 Å². The molecule has 0 bridgehead atoms. The average Bonchev–Trinajstić information content (AvgIpc) is 1.39. The zero-order valence-corrected chi connectivity index (χ0v) is 4.44. The van der Waals surface area contributed by atoms with Gasteiger partial charge in [0, 0.05) is 6.92 Å². The maximum atomic E-state index is 4.72. The van der Waals surface area contributed by atoms with Crippen molar-refractivity contribution >= 4 is 6.21 Å². The summed E-state index contributed by atoms with van der Waals surface area (Å²) in [5.41, 5.74) is 0. The van der Waals surface area contributed by atoms with Gasteiger partial charge in [0.05, 0.1) is 0 Å². The SMILES string of the molecule is C.C.C.C.C.C.C.C.C=CC.CC=[NH2+]. The van der Waals surface area contributed by atoms with Crippen molar-refractivity contribution in [3.8, 4) is 0 Å². The standard InChI is InChI=1S/C3H6.C2H5N.8CH4/c1-3-2;1-2-3;;;;;;;;/h3H,1H2,2H3;2-3H,1H3;8*1H4/p+1. The number of rotatable bonds is 0. The molecule has 0 saturated carbocycles. The summed E-state index contributed by atoms with van der Waals surface area (Å²) < 4.78 is 0. The number of allylic oxidation sites excluding steroid dienone is 1. The van der Waals surface area contributed by atoms with Crippen LogP contribution >= 0.6 is 0 Å². The van der Waals surface area contributed by atoms with Gasteiger partial charge in [0.15, 0.2) is 0 Å². The summed E-state index contributed by atoms with van der Waals surface area (Å²) in [5, 5.41) is 4.72. The Morgan fingerprint density at radius 2 is 0.714 bits per heavy atom. The lowest BCUT2D eigenvalue weighted by atomic mass is 10.8. The Morgan fingerprint density at radius 3 is 0.714 bits per heavy atom. The smallest absolute Gasteiger partial charge is 0.133 e. The molecular weight excluding hydrogens is 170 g/mol. The third-order valence-corrected chi connectivity index (χ3v) is 0. The van der Waals surface area contributed by atoms with Crippen LogP contribution in [0.25, 0.3) is 0 Å². The van der Waals surface area contributed by atoms with E-state index in [9.17, 15) is 0 Å². The van der Waals surface area contributed by atoms with Gasteiger partial charge >= 0.3 is 0 Å². The van der Waals surface area contributed by atoms with E-state index in [-0.39, 0.29) is 59.4 Å². The summed E-state index contributed by atoms with van der Waals surface area (Å²) in [6.45, 7) is 7.03. The van der Waals surface area contributed by atoms with Crippen molar-refractivity contribution in [2.24, 2.45) is 0 Å². The van der Waals surface area contributed by atoms with Gasteiger partial charge in [-0.25, -0.2) is 0 Å². The van der Waals surface area contributed by atoms with Gasteiger partial charge in [0.1, 0.15) is 6.21 Å². The Balaban J connectivity index is -0.00000000182. The van der Waals surface area contributed by atoms with Crippen LogP contribution in [0.5, 0.6) is 0 Å². The number of hydrogen-bond donors (Lipinski definition) is 1. The highest BCUT2D eigenvalue weighted by Gasteiger charge is 1.26. The maximum Gasteiger partial charge on any atom is 0.133 e. The summed E-state index contributed by atoms with van der Waals surface area (Å²) in [6.07, 6.45) is 3.25. The molecule has 14 heavy (non-hydrogen) atoms. The second-order valence-corrected chi connectivity index (χ2v) is 0.742. The first-order chi connectivity index (χ1) is 2.83. The van der Waals surface area contributed by atoms with Crippen molar-refractivity contribution < 1.29 is 5.41 Å². The predicted octanol–water partition coefficient (Wildman–Crippen LogP) is 5.12. The second-order valence-electron chi connectivity index (χ2n) is 0.742. The first kappa shape index (κ1) is 178. The Hall–Kier alpha value is -0.590. The summed E-state index contributed by atoms with van der Waals surface area (Å²) in [6, 6.07) is 0. The molecular formula is C13H44N+. The molecule has 0 spiro atoms. The average molecular weight is 215 g/mol. The highest BCUT2D eigenvalue weighted by molar-refractivity contribution is 5.44. The first-order valence-corrected chi connectivity index (χ1v) is 1.90. The zero-order valence-electron chi connectivity index (χ0n) is 4.44. The lowest BCUT2D eigenvalue weighted by molar-refractivity contribution is -0.106. The Labute approximate surface area is 98.2 Å². The minimum Gasteiger partial charge on any atom is -0.264 e. The summed E-state index contributed by atoms with van der Waals surface area (Å²) >= 11 is 0. The quantitative estimate of drug-likeness (QED) is 0.428. The van der Waals surface area contributed by atoms with E-state index in [2.05, 4.69) is 6.58 Å². The molecule has 0 aliphatic carbocycles. The monoisotopic (exact) mass is 214 g/mol. The van der Waals surface area contributed by atoms with Gasteiger partial charge < -0.3 is 0 Å². The van der Waals surface area contributed by atoms with Crippen molar-refractivity contribution in [1.29, 1.82) is 0 Å². The number of hydrogen-bond acceptors (Lipinski definition) is 0. The van der Waals surface area contributed by atoms with Gasteiger partial charge in [0.2, 0.25) is 0 Å². The van der Waals surface area contributed by atoms with Crippen LogP contribution in [0.15, 0.2) is 12.7 Å².